The molecule has 0 aliphatic heterocycles. The molecule has 0 atom stereocenters. The molecule has 2 aromatic heterocycles. The number of aromatic nitrogens is 3. The number of nitrogens with zero attached hydrogens (tertiary/aromatic N) is 2. The number of benzene rings is 1. The number of H-pyrrole nitrogens is 1. The first-order chi connectivity index (χ1) is 10.1. The molecule has 3 rings (SSSR count). The Kier molecular flexibility index (Phi) is 3.67. The van der Waals surface area contributed by atoms with Crippen molar-refractivity contribution in [3.63, 3.8) is 0 Å². The van der Waals surface area contributed by atoms with Crippen molar-refractivity contribution in [2.45, 2.75) is 0 Å². The van der Waals surface area contributed by atoms with Crippen molar-refractivity contribution in [2.24, 2.45) is 0 Å². The largest absolute Gasteiger partial charge is 0.493 e. The maximum atomic E-state index is 12.2. The highest BCUT2D eigenvalue weighted by Gasteiger charge is 2.17. The third-order valence-corrected chi connectivity index (χ3v) is 4.17. The normalized spacial score (nSPS) is 10.8. The average Bonchev–Trinajstić information content (AvgIpc) is 2.87. The topological polar surface area (TPSA) is 78.9 Å². The van der Waals surface area contributed by atoms with Gasteiger partial charge in [-0.1, -0.05) is 52.7 Å². The SMILES string of the molecule is O=c1[nH]c(-c2ncc(Cl)s2)nc(O)c1-c1ccccc1Cl. The van der Waals surface area contributed by atoms with Crippen LogP contribution < -0.4 is 5.56 Å². The van der Waals surface area contributed by atoms with Gasteiger partial charge in [-0.2, -0.15) is 4.98 Å². The average molecular weight is 340 g/mol. The van der Waals surface area contributed by atoms with E-state index in [1.165, 1.54) is 6.20 Å². The van der Waals surface area contributed by atoms with E-state index >= 15 is 0 Å². The van der Waals surface area contributed by atoms with Crippen molar-refractivity contribution < 1.29 is 5.11 Å². The Morgan fingerprint density at radius 2 is 2.00 bits per heavy atom. The molecule has 0 radical (unpaired) electrons. The van der Waals surface area contributed by atoms with Crippen molar-refractivity contribution in [3.8, 4) is 27.8 Å². The third kappa shape index (κ3) is 2.65. The number of hydrogen-bond donors (Lipinski definition) is 2. The Balaban J connectivity index is 2.18. The highest BCUT2D eigenvalue weighted by atomic mass is 35.5. The fourth-order valence-corrected chi connectivity index (χ4v) is 2.92. The van der Waals surface area contributed by atoms with E-state index < -0.39 is 11.4 Å². The lowest BCUT2D eigenvalue weighted by Gasteiger charge is -2.06. The second-order valence-corrected chi connectivity index (χ2v) is 6.13. The summed E-state index contributed by atoms with van der Waals surface area (Å²) in [6, 6.07) is 6.71. The van der Waals surface area contributed by atoms with Crippen molar-refractivity contribution in [2.75, 3.05) is 0 Å². The first-order valence-electron chi connectivity index (χ1n) is 5.76. The summed E-state index contributed by atoms with van der Waals surface area (Å²) in [5, 5.41) is 10.8. The van der Waals surface area contributed by atoms with Gasteiger partial charge in [-0.3, -0.25) is 4.79 Å². The second-order valence-electron chi connectivity index (χ2n) is 4.06. The molecule has 5 nitrogen and oxygen atoms in total. The van der Waals surface area contributed by atoms with Crippen LogP contribution in [-0.2, 0) is 0 Å². The molecule has 0 amide bonds. The van der Waals surface area contributed by atoms with Crippen molar-refractivity contribution in [1.82, 2.24) is 15.0 Å². The predicted molar refractivity (Wildman–Crippen MR) is 83.1 cm³/mol. The van der Waals surface area contributed by atoms with Crippen LogP contribution in [0.2, 0.25) is 9.36 Å². The van der Waals surface area contributed by atoms with Gasteiger partial charge in [0.25, 0.3) is 5.56 Å². The Morgan fingerprint density at radius 3 is 2.62 bits per heavy atom. The Morgan fingerprint density at radius 1 is 1.24 bits per heavy atom. The standard InChI is InChI=1S/C13H7Cl2N3O2S/c14-7-4-2-1-3-6(7)9-11(19)17-10(18-12(9)20)13-16-5-8(15)21-13/h1-5H,(H2,17,18,19,20). The summed E-state index contributed by atoms with van der Waals surface area (Å²) in [7, 11) is 0. The van der Waals surface area contributed by atoms with E-state index in [2.05, 4.69) is 15.0 Å². The van der Waals surface area contributed by atoms with E-state index in [9.17, 15) is 9.90 Å². The molecule has 1 aromatic carbocycles. The molecule has 2 heterocycles. The molecule has 3 aromatic rings. The predicted octanol–water partition coefficient (Wildman–Crippen LogP) is 3.57. The Bertz CT molecular complexity index is 876. The minimum absolute atomic E-state index is 0.0204. The molecule has 106 valence electrons. The number of hydrogen-bond acceptors (Lipinski definition) is 5. The van der Waals surface area contributed by atoms with Crippen molar-refractivity contribution in [1.29, 1.82) is 0 Å². The van der Waals surface area contributed by atoms with E-state index in [-0.39, 0.29) is 11.4 Å². The van der Waals surface area contributed by atoms with Crippen molar-refractivity contribution >= 4 is 34.5 Å². The lowest BCUT2D eigenvalue weighted by atomic mass is 10.1. The number of aromatic hydroxyl groups is 1. The van der Waals surface area contributed by atoms with Crippen LogP contribution in [0.4, 0.5) is 0 Å². The van der Waals surface area contributed by atoms with Crippen LogP contribution in [0.1, 0.15) is 0 Å². The zero-order chi connectivity index (χ0) is 15.0. The molecule has 0 bridgehead atoms. The summed E-state index contributed by atoms with van der Waals surface area (Å²) in [5.41, 5.74) is -0.0712. The smallest absolute Gasteiger partial charge is 0.263 e. The molecule has 0 unspecified atom stereocenters. The minimum Gasteiger partial charge on any atom is -0.493 e. The van der Waals surface area contributed by atoms with E-state index in [4.69, 9.17) is 23.2 Å². The maximum Gasteiger partial charge on any atom is 0.263 e. The fraction of sp³-hybridized carbons (Fsp3) is 0. The molecular formula is C13H7Cl2N3O2S. The van der Waals surface area contributed by atoms with Gasteiger partial charge in [-0.25, -0.2) is 4.98 Å². The Hall–Kier alpha value is -1.89. The molecule has 0 saturated heterocycles. The third-order valence-electron chi connectivity index (χ3n) is 2.72. The fourth-order valence-electron chi connectivity index (χ4n) is 1.83. The van der Waals surface area contributed by atoms with Crippen LogP contribution in [0.25, 0.3) is 22.0 Å². The second kappa shape index (κ2) is 5.48. The van der Waals surface area contributed by atoms with E-state index in [1.54, 1.807) is 24.3 Å². The van der Waals surface area contributed by atoms with Crippen LogP contribution in [0.15, 0.2) is 35.3 Å². The molecule has 21 heavy (non-hydrogen) atoms. The van der Waals surface area contributed by atoms with E-state index in [1.807, 2.05) is 0 Å². The molecule has 8 heteroatoms. The van der Waals surface area contributed by atoms with E-state index in [0.717, 1.165) is 11.3 Å². The maximum absolute atomic E-state index is 12.2. The van der Waals surface area contributed by atoms with Gasteiger partial charge >= 0.3 is 0 Å². The van der Waals surface area contributed by atoms with Gasteiger partial charge in [0.2, 0.25) is 5.88 Å². The van der Waals surface area contributed by atoms with Crippen molar-refractivity contribution in [3.05, 3.63) is 50.2 Å². The first kappa shape index (κ1) is 14.1. The number of thiazole rings is 1. The quantitative estimate of drug-likeness (QED) is 0.747. The van der Waals surface area contributed by atoms with Gasteiger partial charge < -0.3 is 10.1 Å². The lowest BCUT2D eigenvalue weighted by Crippen LogP contribution is -2.12. The van der Waals surface area contributed by atoms with E-state index in [0.29, 0.717) is 19.9 Å². The van der Waals surface area contributed by atoms with Gasteiger partial charge in [0, 0.05) is 10.6 Å². The minimum atomic E-state index is -0.503. The van der Waals surface area contributed by atoms with Gasteiger partial charge in [0.15, 0.2) is 10.8 Å². The number of aromatic amines is 1. The number of halogens is 2. The van der Waals surface area contributed by atoms with Gasteiger partial charge in [0.1, 0.15) is 9.90 Å². The monoisotopic (exact) mass is 339 g/mol. The van der Waals surface area contributed by atoms with Crippen LogP contribution in [0, 0.1) is 0 Å². The molecule has 0 saturated carbocycles. The van der Waals surface area contributed by atoms with Gasteiger partial charge in [0.05, 0.1) is 6.20 Å². The Labute approximate surface area is 132 Å². The number of rotatable bonds is 2. The molecule has 0 aliphatic rings. The lowest BCUT2D eigenvalue weighted by molar-refractivity contribution is 0.454. The molecular weight excluding hydrogens is 333 g/mol. The summed E-state index contributed by atoms with van der Waals surface area (Å²) in [4.78, 5) is 22.8. The molecule has 2 N–H and O–H groups in total. The molecule has 0 fully saturated rings. The van der Waals surface area contributed by atoms with Crippen LogP contribution in [0.3, 0.4) is 0 Å². The number of nitrogens with one attached hydrogen (secondary N) is 1. The summed E-state index contributed by atoms with van der Waals surface area (Å²) in [6.45, 7) is 0. The zero-order valence-electron chi connectivity index (χ0n) is 10.3. The summed E-state index contributed by atoms with van der Waals surface area (Å²) in [6.07, 6.45) is 1.45. The van der Waals surface area contributed by atoms with Crippen LogP contribution >= 0.6 is 34.5 Å². The highest BCUT2D eigenvalue weighted by molar-refractivity contribution is 7.18. The van der Waals surface area contributed by atoms with Crippen LogP contribution in [0.5, 0.6) is 5.88 Å². The summed E-state index contributed by atoms with van der Waals surface area (Å²) in [5.74, 6) is -0.252. The molecule has 0 spiro atoms. The summed E-state index contributed by atoms with van der Waals surface area (Å²) < 4.78 is 0.460. The zero-order valence-corrected chi connectivity index (χ0v) is 12.6. The van der Waals surface area contributed by atoms with Gasteiger partial charge in [-0.05, 0) is 6.07 Å². The highest BCUT2D eigenvalue weighted by Crippen LogP contribution is 2.32. The van der Waals surface area contributed by atoms with Crippen LogP contribution in [-0.4, -0.2) is 20.1 Å². The van der Waals surface area contributed by atoms with Gasteiger partial charge in [-0.15, -0.1) is 0 Å². The molecule has 0 aliphatic carbocycles. The first-order valence-corrected chi connectivity index (χ1v) is 7.33. The summed E-state index contributed by atoms with van der Waals surface area (Å²) >= 11 is 13.0.